The number of anilines is 1. The van der Waals surface area contributed by atoms with Gasteiger partial charge in [0, 0.05) is 21.8 Å². The molecule has 0 atom stereocenters. The number of halogens is 2. The average molecular weight is 364 g/mol. The molecular weight excluding hydrogens is 349 g/mol. The number of nitrogens with one attached hydrogen (secondary N) is 1. The van der Waals surface area contributed by atoms with Crippen molar-refractivity contribution in [3.63, 3.8) is 0 Å². The molecule has 0 saturated heterocycles. The van der Waals surface area contributed by atoms with Crippen molar-refractivity contribution in [2.45, 2.75) is 6.92 Å². The molecule has 1 amide bonds. The van der Waals surface area contributed by atoms with E-state index < -0.39 is 0 Å². The minimum absolute atomic E-state index is 0.297. The predicted molar refractivity (Wildman–Crippen MR) is 89.4 cm³/mol. The van der Waals surface area contributed by atoms with E-state index >= 15 is 0 Å². The van der Waals surface area contributed by atoms with Gasteiger partial charge in [-0.25, -0.2) is 4.39 Å². The van der Waals surface area contributed by atoms with Crippen molar-refractivity contribution in [3.05, 3.63) is 64.4 Å². The summed E-state index contributed by atoms with van der Waals surface area (Å²) in [7, 11) is 0. The summed E-state index contributed by atoms with van der Waals surface area (Å²) in [6.07, 6.45) is 3.09. The summed E-state index contributed by atoms with van der Waals surface area (Å²) in [6, 6.07) is 11.2. The fourth-order valence-electron chi connectivity index (χ4n) is 1.82. The molecule has 0 saturated carbocycles. The van der Waals surface area contributed by atoms with Crippen LogP contribution < -0.4 is 10.1 Å². The van der Waals surface area contributed by atoms with Crippen LogP contribution in [-0.2, 0) is 4.79 Å². The highest BCUT2D eigenvalue weighted by atomic mass is 79.9. The van der Waals surface area contributed by atoms with Crippen molar-refractivity contribution in [2.75, 3.05) is 11.9 Å². The topological polar surface area (TPSA) is 38.3 Å². The van der Waals surface area contributed by atoms with Gasteiger partial charge in [0.25, 0.3) is 0 Å². The fraction of sp³-hybridized carbons (Fsp3) is 0.118. The summed E-state index contributed by atoms with van der Waals surface area (Å²) in [5.41, 5.74) is 1.33. The molecule has 0 aliphatic carbocycles. The molecule has 114 valence electrons. The number of hydrogen-bond acceptors (Lipinski definition) is 2. The maximum absolute atomic E-state index is 12.8. The van der Waals surface area contributed by atoms with Gasteiger partial charge in [-0.2, -0.15) is 0 Å². The summed E-state index contributed by atoms with van der Waals surface area (Å²) in [5, 5.41) is 2.66. The zero-order chi connectivity index (χ0) is 15.9. The lowest BCUT2D eigenvalue weighted by molar-refractivity contribution is -0.111. The van der Waals surface area contributed by atoms with Crippen molar-refractivity contribution >= 4 is 33.6 Å². The molecule has 22 heavy (non-hydrogen) atoms. The Kier molecular flexibility index (Phi) is 5.72. The highest BCUT2D eigenvalue weighted by Crippen LogP contribution is 2.24. The number of rotatable bonds is 5. The molecule has 0 aliphatic rings. The largest absolute Gasteiger partial charge is 0.493 e. The van der Waals surface area contributed by atoms with Crippen LogP contribution >= 0.6 is 15.9 Å². The van der Waals surface area contributed by atoms with Crippen LogP contribution in [0.3, 0.4) is 0 Å². The van der Waals surface area contributed by atoms with E-state index in [1.807, 2.05) is 25.1 Å². The highest BCUT2D eigenvalue weighted by molar-refractivity contribution is 9.10. The zero-order valence-electron chi connectivity index (χ0n) is 12.0. The Balaban J connectivity index is 2.09. The van der Waals surface area contributed by atoms with Gasteiger partial charge in [-0.3, -0.25) is 4.79 Å². The molecular formula is C17H15BrFNO2. The van der Waals surface area contributed by atoms with Crippen LogP contribution in [0.15, 0.2) is 53.0 Å². The molecule has 2 aromatic rings. The maximum atomic E-state index is 12.8. The monoisotopic (exact) mass is 363 g/mol. The van der Waals surface area contributed by atoms with Crippen molar-refractivity contribution in [3.8, 4) is 5.75 Å². The summed E-state index contributed by atoms with van der Waals surface area (Å²) < 4.78 is 19.2. The predicted octanol–water partition coefficient (Wildman–Crippen LogP) is 4.64. The Morgan fingerprint density at radius 2 is 2.00 bits per heavy atom. The minimum Gasteiger partial charge on any atom is -0.493 e. The van der Waals surface area contributed by atoms with Crippen LogP contribution in [0.25, 0.3) is 6.08 Å². The van der Waals surface area contributed by atoms with Crippen LogP contribution in [0, 0.1) is 5.82 Å². The first-order valence-electron chi connectivity index (χ1n) is 6.75. The first-order valence-corrected chi connectivity index (χ1v) is 7.55. The smallest absolute Gasteiger partial charge is 0.248 e. The van der Waals surface area contributed by atoms with Crippen LogP contribution in [0.5, 0.6) is 5.75 Å². The lowest BCUT2D eigenvalue weighted by atomic mass is 10.2. The lowest BCUT2D eigenvalue weighted by Crippen LogP contribution is -2.07. The second-order valence-corrected chi connectivity index (χ2v) is 5.36. The standard InChI is InChI=1S/C17H15BrFNO2/c1-2-22-16-9-4-13(18)11-12(16)3-10-17(21)20-15-7-5-14(19)6-8-15/h3-11H,2H2,1H3,(H,20,21)/b10-3+. The van der Waals surface area contributed by atoms with E-state index in [0.717, 1.165) is 10.0 Å². The Morgan fingerprint density at radius 1 is 1.27 bits per heavy atom. The van der Waals surface area contributed by atoms with E-state index in [4.69, 9.17) is 4.74 Å². The number of carbonyl (C=O) groups excluding carboxylic acids is 1. The van der Waals surface area contributed by atoms with Gasteiger partial charge in [0.05, 0.1) is 6.61 Å². The number of amides is 1. The van der Waals surface area contributed by atoms with Crippen molar-refractivity contribution in [2.24, 2.45) is 0 Å². The molecule has 0 bridgehead atoms. The molecule has 0 unspecified atom stereocenters. The number of hydrogen-bond donors (Lipinski definition) is 1. The molecule has 5 heteroatoms. The van der Waals surface area contributed by atoms with Crippen molar-refractivity contribution in [1.82, 2.24) is 0 Å². The summed E-state index contributed by atoms with van der Waals surface area (Å²) in [5.74, 6) is 0.0644. The van der Waals surface area contributed by atoms with Gasteiger partial charge < -0.3 is 10.1 Å². The number of ether oxygens (including phenoxy) is 1. The third-order valence-electron chi connectivity index (χ3n) is 2.80. The molecule has 0 aromatic heterocycles. The Hall–Kier alpha value is -2.14. The van der Waals surface area contributed by atoms with Gasteiger partial charge in [-0.1, -0.05) is 15.9 Å². The average Bonchev–Trinajstić information content (AvgIpc) is 2.50. The molecule has 2 rings (SSSR count). The van der Waals surface area contributed by atoms with Crippen LogP contribution in [0.4, 0.5) is 10.1 Å². The molecule has 0 heterocycles. The van der Waals surface area contributed by atoms with Gasteiger partial charge in [0.15, 0.2) is 0 Å². The molecule has 0 spiro atoms. The van der Waals surface area contributed by atoms with Crippen molar-refractivity contribution < 1.29 is 13.9 Å². The van der Waals surface area contributed by atoms with E-state index in [1.54, 1.807) is 6.08 Å². The van der Waals surface area contributed by atoms with Gasteiger partial charge in [-0.15, -0.1) is 0 Å². The Morgan fingerprint density at radius 3 is 2.68 bits per heavy atom. The Labute approximate surface area is 136 Å². The van der Waals surface area contributed by atoms with Crippen molar-refractivity contribution in [1.29, 1.82) is 0 Å². The zero-order valence-corrected chi connectivity index (χ0v) is 13.6. The summed E-state index contributed by atoms with van der Waals surface area (Å²) in [4.78, 5) is 11.9. The third-order valence-corrected chi connectivity index (χ3v) is 3.29. The van der Waals surface area contributed by atoms with E-state index in [0.29, 0.717) is 18.0 Å². The number of carbonyl (C=O) groups is 1. The molecule has 0 radical (unpaired) electrons. The molecule has 0 aliphatic heterocycles. The second kappa shape index (κ2) is 7.75. The normalized spacial score (nSPS) is 10.7. The summed E-state index contributed by atoms with van der Waals surface area (Å²) in [6.45, 7) is 2.45. The first kappa shape index (κ1) is 16.2. The van der Waals surface area contributed by atoms with E-state index in [1.165, 1.54) is 30.3 Å². The highest BCUT2D eigenvalue weighted by Gasteiger charge is 2.03. The minimum atomic E-state index is -0.343. The molecule has 0 fully saturated rings. The fourth-order valence-corrected chi connectivity index (χ4v) is 2.20. The maximum Gasteiger partial charge on any atom is 0.248 e. The third kappa shape index (κ3) is 4.70. The van der Waals surface area contributed by atoms with Crippen LogP contribution in [-0.4, -0.2) is 12.5 Å². The van der Waals surface area contributed by atoms with Gasteiger partial charge in [0.2, 0.25) is 5.91 Å². The van der Waals surface area contributed by atoms with E-state index in [9.17, 15) is 9.18 Å². The first-order chi connectivity index (χ1) is 10.6. The Bertz CT molecular complexity index is 684. The van der Waals surface area contributed by atoms with Gasteiger partial charge in [-0.05, 0) is 55.5 Å². The second-order valence-electron chi connectivity index (χ2n) is 4.44. The molecule has 3 nitrogen and oxygen atoms in total. The van der Waals surface area contributed by atoms with Crippen LogP contribution in [0.1, 0.15) is 12.5 Å². The molecule has 2 aromatic carbocycles. The number of benzene rings is 2. The van der Waals surface area contributed by atoms with E-state index in [2.05, 4.69) is 21.2 Å². The van der Waals surface area contributed by atoms with Crippen LogP contribution in [0.2, 0.25) is 0 Å². The van der Waals surface area contributed by atoms with Gasteiger partial charge >= 0.3 is 0 Å². The van der Waals surface area contributed by atoms with Gasteiger partial charge in [0.1, 0.15) is 11.6 Å². The SMILES string of the molecule is CCOc1ccc(Br)cc1/C=C/C(=O)Nc1ccc(F)cc1. The van der Waals surface area contributed by atoms with E-state index in [-0.39, 0.29) is 11.7 Å². The molecule has 1 N–H and O–H groups in total. The summed E-state index contributed by atoms with van der Waals surface area (Å²) >= 11 is 3.39. The quantitative estimate of drug-likeness (QED) is 0.785. The lowest BCUT2D eigenvalue weighted by Gasteiger charge is -2.07.